The fourth-order valence-electron chi connectivity index (χ4n) is 1.02. The zero-order chi connectivity index (χ0) is 13.8. The number of pyridine rings is 1. The van der Waals surface area contributed by atoms with Crippen molar-refractivity contribution < 1.29 is 0 Å². The van der Waals surface area contributed by atoms with Crippen LogP contribution in [-0.2, 0) is 0 Å². The minimum atomic E-state index is -0.209. The molecule has 1 rings (SSSR count). The van der Waals surface area contributed by atoms with Crippen molar-refractivity contribution >= 4 is 50.6 Å². The van der Waals surface area contributed by atoms with Gasteiger partial charge < -0.3 is 11.1 Å². The third-order valence-electron chi connectivity index (χ3n) is 1.90. The summed E-state index contributed by atoms with van der Waals surface area (Å²) in [6, 6.07) is 6.04. The van der Waals surface area contributed by atoms with Gasteiger partial charge in [0.1, 0.15) is 0 Å². The molecule has 0 unspecified atom stereocenters. The molecule has 0 aliphatic rings. The van der Waals surface area contributed by atoms with Gasteiger partial charge in [-0.2, -0.15) is 0 Å². The second kappa shape index (κ2) is 13.4. The van der Waals surface area contributed by atoms with E-state index in [0.717, 1.165) is 19.4 Å². The molecule has 1 aromatic rings. The molecule has 0 atom stereocenters. The second-order valence-electron chi connectivity index (χ2n) is 3.67. The van der Waals surface area contributed by atoms with Gasteiger partial charge in [-0.1, -0.05) is 13.3 Å². The number of unbranched alkanes of at least 4 members (excludes halogenated alkanes) is 1. The SMILES string of the molecule is CCCCNC(=N)NC(=N)N.Cl.[SnH3][c]1ccccn1. The van der Waals surface area contributed by atoms with Crippen LogP contribution in [0.4, 0.5) is 0 Å². The van der Waals surface area contributed by atoms with Crippen molar-refractivity contribution in [2.75, 3.05) is 6.54 Å². The Morgan fingerprint density at radius 2 is 2.11 bits per heavy atom. The van der Waals surface area contributed by atoms with Crippen LogP contribution >= 0.6 is 12.4 Å². The molecule has 0 amide bonds. The van der Waals surface area contributed by atoms with Crippen molar-refractivity contribution in [2.24, 2.45) is 5.73 Å². The van der Waals surface area contributed by atoms with Gasteiger partial charge in [0, 0.05) is 6.54 Å². The van der Waals surface area contributed by atoms with E-state index in [9.17, 15) is 0 Å². The molecule has 0 radical (unpaired) electrons. The molecule has 0 spiro atoms. The van der Waals surface area contributed by atoms with Gasteiger partial charge in [-0.05, 0) is 6.42 Å². The van der Waals surface area contributed by atoms with Gasteiger partial charge in [0.15, 0.2) is 11.9 Å². The second-order valence-corrected chi connectivity index (χ2v) is 6.59. The number of nitrogens with one attached hydrogen (secondary N) is 4. The summed E-state index contributed by atoms with van der Waals surface area (Å²) < 4.78 is 1.28. The van der Waals surface area contributed by atoms with Gasteiger partial charge in [-0.3, -0.25) is 16.1 Å². The van der Waals surface area contributed by atoms with E-state index < -0.39 is 0 Å². The van der Waals surface area contributed by atoms with Gasteiger partial charge in [-0.25, -0.2) is 0 Å². The van der Waals surface area contributed by atoms with Crippen LogP contribution in [-0.4, -0.2) is 46.0 Å². The Bertz CT molecular complexity index is 359. The van der Waals surface area contributed by atoms with E-state index in [2.05, 4.69) is 28.6 Å². The summed E-state index contributed by atoms with van der Waals surface area (Å²) in [6.45, 7) is 2.82. The summed E-state index contributed by atoms with van der Waals surface area (Å²) in [5.74, 6) is -0.120. The zero-order valence-electron chi connectivity index (χ0n) is 11.4. The molecule has 1 heterocycles. The van der Waals surface area contributed by atoms with Gasteiger partial charge >= 0.3 is 55.6 Å². The number of nitrogens with zero attached hydrogens (tertiary/aromatic N) is 1. The number of hydrogen-bond donors (Lipinski definition) is 5. The van der Waals surface area contributed by atoms with E-state index >= 15 is 0 Å². The van der Waals surface area contributed by atoms with Gasteiger partial charge in [-0.15, -0.1) is 12.4 Å². The van der Waals surface area contributed by atoms with Crippen LogP contribution in [0.25, 0.3) is 0 Å². The standard InChI is InChI=1S/C6H15N5.C5H4N.ClH.Sn.3H/c1-2-3-4-10-6(9)11-5(7)8;1-2-4-6-5-3-1;;;;;/h2-4H2,1H3,(H6,7,8,9,10,11);1-4H;1H;;;;. The van der Waals surface area contributed by atoms with Gasteiger partial charge in [0.25, 0.3) is 0 Å². The summed E-state index contributed by atoms with van der Waals surface area (Å²) in [6.07, 6.45) is 3.94. The maximum absolute atomic E-state index is 7.15. The molecule has 8 heteroatoms. The van der Waals surface area contributed by atoms with Gasteiger partial charge in [0.05, 0.1) is 0 Å². The van der Waals surface area contributed by atoms with Crippen LogP contribution in [0.15, 0.2) is 24.4 Å². The van der Waals surface area contributed by atoms with Crippen molar-refractivity contribution in [3.05, 3.63) is 24.4 Å². The molecule has 108 valence electrons. The van der Waals surface area contributed by atoms with E-state index in [1.807, 2.05) is 18.3 Å². The van der Waals surface area contributed by atoms with Crippen molar-refractivity contribution in [3.63, 3.8) is 0 Å². The van der Waals surface area contributed by atoms with E-state index in [1.54, 1.807) is 0 Å². The first-order valence-corrected chi connectivity index (χ1v) is 8.72. The van der Waals surface area contributed by atoms with Crippen molar-refractivity contribution in [2.45, 2.75) is 19.8 Å². The normalized spacial score (nSPS) is 8.47. The molecule has 0 fully saturated rings. The number of nitrogens with two attached hydrogens (primary N) is 1. The third kappa shape index (κ3) is 14.9. The summed E-state index contributed by atoms with van der Waals surface area (Å²) in [7, 11) is 0. The Hall–Kier alpha value is -1.02. The molecule has 1 aromatic heterocycles. The summed E-state index contributed by atoms with van der Waals surface area (Å²) in [5.41, 5.74) is 4.99. The van der Waals surface area contributed by atoms with Crippen LogP contribution in [0.1, 0.15) is 19.8 Å². The van der Waals surface area contributed by atoms with E-state index in [4.69, 9.17) is 16.6 Å². The van der Waals surface area contributed by atoms with Crippen LogP contribution in [0.2, 0.25) is 0 Å². The molecule has 0 aliphatic carbocycles. The number of halogens is 1. The van der Waals surface area contributed by atoms with Crippen LogP contribution in [0.5, 0.6) is 0 Å². The van der Waals surface area contributed by atoms with Crippen molar-refractivity contribution in [1.29, 1.82) is 10.8 Å². The molecular weight excluding hydrogens is 370 g/mol. The van der Waals surface area contributed by atoms with Crippen molar-refractivity contribution in [1.82, 2.24) is 15.6 Å². The van der Waals surface area contributed by atoms with E-state index in [1.165, 1.54) is 3.71 Å². The fourth-order valence-corrected chi connectivity index (χ4v) is 1.99. The van der Waals surface area contributed by atoms with Crippen LogP contribution in [0, 0.1) is 10.8 Å². The third-order valence-corrected chi connectivity index (χ3v) is 3.59. The summed E-state index contributed by atoms with van der Waals surface area (Å²) in [4.78, 5) is 4.07. The number of rotatable bonds is 3. The molecule has 0 aliphatic heterocycles. The Morgan fingerprint density at radius 3 is 2.47 bits per heavy atom. The Labute approximate surface area is 133 Å². The predicted molar refractivity (Wildman–Crippen MR) is 86.7 cm³/mol. The first-order chi connectivity index (χ1) is 8.56. The fraction of sp³-hybridized carbons (Fsp3) is 0.364. The average Bonchev–Trinajstić information content (AvgIpc) is 2.30. The number of hydrogen-bond acceptors (Lipinski definition) is 3. The topological polar surface area (TPSA) is 111 Å². The Balaban J connectivity index is 0. The van der Waals surface area contributed by atoms with E-state index in [-0.39, 0.29) is 24.3 Å². The summed E-state index contributed by atoms with van der Waals surface area (Å²) in [5, 5.41) is 19.0. The first kappa shape index (κ1) is 20.3. The molecule has 0 bridgehead atoms. The summed E-state index contributed by atoms with van der Waals surface area (Å²) >= 11 is 0.597. The number of guanidine groups is 2. The van der Waals surface area contributed by atoms with Crippen molar-refractivity contribution in [3.8, 4) is 0 Å². The molecule has 0 aromatic carbocycles. The molecule has 6 N–H and O–H groups in total. The zero-order valence-corrected chi connectivity index (χ0v) is 17.9. The first-order valence-electron chi connectivity index (χ1n) is 5.87. The maximum atomic E-state index is 7.15. The van der Waals surface area contributed by atoms with E-state index in [0.29, 0.717) is 22.5 Å². The molecular formula is C11H23ClN6Sn. The minimum absolute atomic E-state index is 0. The number of aromatic nitrogens is 1. The van der Waals surface area contributed by atoms with Crippen LogP contribution in [0.3, 0.4) is 0 Å². The Kier molecular flexibility index (Phi) is 14.3. The predicted octanol–water partition coefficient (Wildman–Crippen LogP) is -0.712. The molecule has 0 saturated heterocycles. The Morgan fingerprint density at radius 1 is 1.42 bits per heavy atom. The molecule has 6 nitrogen and oxygen atoms in total. The monoisotopic (exact) mass is 394 g/mol. The van der Waals surface area contributed by atoms with Crippen LogP contribution < -0.4 is 20.1 Å². The average molecular weight is 394 g/mol. The quantitative estimate of drug-likeness (QED) is 0.202. The molecule has 0 saturated carbocycles. The van der Waals surface area contributed by atoms with Gasteiger partial charge in [0.2, 0.25) is 0 Å². The molecule has 19 heavy (non-hydrogen) atoms.